The molecular formula is C12H22ClN3. The zero-order chi connectivity index (χ0) is 12.1. The first-order valence-corrected chi connectivity index (χ1v) is 6.53. The van der Waals surface area contributed by atoms with Crippen molar-refractivity contribution in [3.8, 4) is 0 Å². The Labute approximate surface area is 103 Å². The van der Waals surface area contributed by atoms with Gasteiger partial charge in [0, 0.05) is 12.5 Å². The summed E-state index contributed by atoms with van der Waals surface area (Å²) in [5, 5.41) is 8.53. The molecule has 0 amide bonds. The maximum absolute atomic E-state index is 6.05. The Kier molecular flexibility index (Phi) is 5.26. The molecule has 0 aromatic carbocycles. The van der Waals surface area contributed by atoms with Crippen molar-refractivity contribution in [1.29, 1.82) is 0 Å². The predicted octanol–water partition coefficient (Wildman–Crippen LogP) is 3.88. The fraction of sp³-hybridized carbons (Fsp3) is 0.833. The summed E-state index contributed by atoms with van der Waals surface area (Å²) in [4.78, 5) is 0. The SMILES string of the molecule is CCc1nnc(Cl)n1C(C)CCCC(C)C. The zero-order valence-corrected chi connectivity index (χ0v) is 11.5. The smallest absolute Gasteiger partial charge is 0.225 e. The van der Waals surface area contributed by atoms with Crippen LogP contribution in [0.15, 0.2) is 0 Å². The summed E-state index contributed by atoms with van der Waals surface area (Å²) in [6.45, 7) is 8.79. The number of aromatic nitrogens is 3. The van der Waals surface area contributed by atoms with Gasteiger partial charge in [0.2, 0.25) is 5.28 Å². The van der Waals surface area contributed by atoms with Gasteiger partial charge in [-0.1, -0.05) is 33.6 Å². The Morgan fingerprint density at radius 2 is 1.88 bits per heavy atom. The third-order valence-electron chi connectivity index (χ3n) is 2.89. The molecule has 1 unspecified atom stereocenters. The molecule has 0 aliphatic carbocycles. The summed E-state index contributed by atoms with van der Waals surface area (Å²) in [6.07, 6.45) is 4.53. The van der Waals surface area contributed by atoms with E-state index in [1.165, 1.54) is 12.8 Å². The lowest BCUT2D eigenvalue weighted by molar-refractivity contribution is 0.438. The largest absolute Gasteiger partial charge is 0.299 e. The molecule has 1 aromatic heterocycles. The average molecular weight is 244 g/mol. The highest BCUT2D eigenvalue weighted by molar-refractivity contribution is 6.28. The van der Waals surface area contributed by atoms with Crippen LogP contribution >= 0.6 is 11.6 Å². The lowest BCUT2D eigenvalue weighted by Gasteiger charge is -2.16. The maximum Gasteiger partial charge on any atom is 0.225 e. The Hall–Kier alpha value is -0.570. The van der Waals surface area contributed by atoms with Crippen LogP contribution in [0.25, 0.3) is 0 Å². The number of hydrogen-bond donors (Lipinski definition) is 0. The van der Waals surface area contributed by atoms with Gasteiger partial charge in [0.1, 0.15) is 5.82 Å². The fourth-order valence-electron chi connectivity index (χ4n) is 1.93. The molecule has 3 nitrogen and oxygen atoms in total. The highest BCUT2D eigenvalue weighted by Gasteiger charge is 2.14. The van der Waals surface area contributed by atoms with E-state index in [0.29, 0.717) is 11.3 Å². The number of aryl methyl sites for hydroxylation is 1. The molecule has 0 N–H and O–H groups in total. The van der Waals surface area contributed by atoms with Crippen molar-refractivity contribution in [3.63, 3.8) is 0 Å². The molecule has 0 spiro atoms. The highest BCUT2D eigenvalue weighted by Crippen LogP contribution is 2.22. The Balaban J connectivity index is 2.58. The van der Waals surface area contributed by atoms with E-state index in [0.717, 1.165) is 24.6 Å². The first-order chi connectivity index (χ1) is 7.56. The number of hydrogen-bond acceptors (Lipinski definition) is 2. The Morgan fingerprint density at radius 3 is 2.44 bits per heavy atom. The van der Waals surface area contributed by atoms with Gasteiger partial charge in [-0.15, -0.1) is 10.2 Å². The monoisotopic (exact) mass is 243 g/mol. The van der Waals surface area contributed by atoms with Crippen molar-refractivity contribution < 1.29 is 0 Å². The topological polar surface area (TPSA) is 30.7 Å². The van der Waals surface area contributed by atoms with E-state index >= 15 is 0 Å². The molecule has 0 fully saturated rings. The van der Waals surface area contributed by atoms with E-state index in [9.17, 15) is 0 Å². The van der Waals surface area contributed by atoms with Crippen molar-refractivity contribution in [3.05, 3.63) is 11.1 Å². The fourth-order valence-corrected chi connectivity index (χ4v) is 2.23. The van der Waals surface area contributed by atoms with Crippen LogP contribution in [0.3, 0.4) is 0 Å². The summed E-state index contributed by atoms with van der Waals surface area (Å²) in [5.74, 6) is 1.76. The second-order valence-corrected chi connectivity index (χ2v) is 5.12. The van der Waals surface area contributed by atoms with Crippen molar-refractivity contribution >= 4 is 11.6 Å². The minimum Gasteiger partial charge on any atom is -0.299 e. The van der Waals surface area contributed by atoms with E-state index in [-0.39, 0.29) is 0 Å². The van der Waals surface area contributed by atoms with Crippen LogP contribution in [-0.2, 0) is 6.42 Å². The maximum atomic E-state index is 6.05. The van der Waals surface area contributed by atoms with E-state index in [4.69, 9.17) is 11.6 Å². The predicted molar refractivity (Wildman–Crippen MR) is 67.8 cm³/mol. The van der Waals surface area contributed by atoms with E-state index in [1.807, 2.05) is 0 Å². The molecule has 4 heteroatoms. The first-order valence-electron chi connectivity index (χ1n) is 6.15. The zero-order valence-electron chi connectivity index (χ0n) is 10.7. The normalized spacial score (nSPS) is 13.4. The molecule has 0 bridgehead atoms. The third kappa shape index (κ3) is 3.48. The van der Waals surface area contributed by atoms with Crippen LogP contribution in [0.4, 0.5) is 0 Å². The van der Waals surface area contributed by atoms with Gasteiger partial charge in [0.15, 0.2) is 0 Å². The molecule has 0 saturated carbocycles. The van der Waals surface area contributed by atoms with E-state index < -0.39 is 0 Å². The van der Waals surface area contributed by atoms with Gasteiger partial charge in [-0.05, 0) is 30.9 Å². The number of nitrogens with zero attached hydrogens (tertiary/aromatic N) is 3. The van der Waals surface area contributed by atoms with Crippen LogP contribution in [0.2, 0.25) is 5.28 Å². The molecule has 1 atom stereocenters. The van der Waals surface area contributed by atoms with Gasteiger partial charge in [0.05, 0.1) is 0 Å². The van der Waals surface area contributed by atoms with Gasteiger partial charge in [-0.25, -0.2) is 0 Å². The minimum atomic E-state index is 0.399. The van der Waals surface area contributed by atoms with Gasteiger partial charge < -0.3 is 0 Å². The van der Waals surface area contributed by atoms with Crippen LogP contribution in [0.1, 0.15) is 58.8 Å². The summed E-state index contributed by atoms with van der Waals surface area (Å²) in [7, 11) is 0. The lowest BCUT2D eigenvalue weighted by atomic mass is 10.0. The molecule has 92 valence electrons. The third-order valence-corrected chi connectivity index (χ3v) is 3.14. The molecule has 0 radical (unpaired) electrons. The molecule has 1 rings (SSSR count). The van der Waals surface area contributed by atoms with E-state index in [2.05, 4.69) is 42.5 Å². The van der Waals surface area contributed by atoms with Crippen molar-refractivity contribution in [1.82, 2.24) is 14.8 Å². The summed E-state index contributed by atoms with van der Waals surface area (Å²) in [5.41, 5.74) is 0. The second-order valence-electron chi connectivity index (χ2n) is 4.78. The summed E-state index contributed by atoms with van der Waals surface area (Å²) < 4.78 is 2.06. The van der Waals surface area contributed by atoms with Gasteiger partial charge >= 0.3 is 0 Å². The van der Waals surface area contributed by atoms with Crippen molar-refractivity contribution in [2.75, 3.05) is 0 Å². The molecule has 0 saturated heterocycles. The average Bonchev–Trinajstić information content (AvgIpc) is 2.58. The molecular weight excluding hydrogens is 222 g/mol. The molecule has 0 aliphatic rings. The van der Waals surface area contributed by atoms with Crippen LogP contribution < -0.4 is 0 Å². The molecule has 0 aliphatic heterocycles. The summed E-state index contributed by atoms with van der Waals surface area (Å²) >= 11 is 6.05. The lowest BCUT2D eigenvalue weighted by Crippen LogP contribution is -2.09. The molecule has 1 heterocycles. The van der Waals surface area contributed by atoms with Gasteiger partial charge in [-0.3, -0.25) is 4.57 Å². The van der Waals surface area contributed by atoms with Gasteiger partial charge in [-0.2, -0.15) is 0 Å². The van der Waals surface area contributed by atoms with E-state index in [1.54, 1.807) is 0 Å². The van der Waals surface area contributed by atoms with Crippen LogP contribution in [0.5, 0.6) is 0 Å². The van der Waals surface area contributed by atoms with Crippen LogP contribution in [-0.4, -0.2) is 14.8 Å². The van der Waals surface area contributed by atoms with Gasteiger partial charge in [0.25, 0.3) is 0 Å². The highest BCUT2D eigenvalue weighted by atomic mass is 35.5. The number of halogens is 1. The van der Waals surface area contributed by atoms with Crippen LogP contribution in [0, 0.1) is 5.92 Å². The van der Waals surface area contributed by atoms with Crippen molar-refractivity contribution in [2.24, 2.45) is 5.92 Å². The Bertz CT molecular complexity index is 320. The summed E-state index contributed by atoms with van der Waals surface area (Å²) in [6, 6.07) is 0.399. The quantitative estimate of drug-likeness (QED) is 0.759. The number of rotatable bonds is 6. The molecule has 16 heavy (non-hydrogen) atoms. The Morgan fingerprint density at radius 1 is 1.19 bits per heavy atom. The standard InChI is InChI=1S/C12H22ClN3/c1-5-11-14-15-12(13)16(11)10(4)8-6-7-9(2)3/h9-10H,5-8H2,1-4H3. The first kappa shape index (κ1) is 13.5. The minimum absolute atomic E-state index is 0.399. The van der Waals surface area contributed by atoms with Crippen molar-refractivity contribution in [2.45, 2.75) is 59.4 Å². The molecule has 1 aromatic rings. The second kappa shape index (κ2) is 6.24.